The number of carbonyl (C=O) groups is 1. The predicted molar refractivity (Wildman–Crippen MR) is 113 cm³/mol. The van der Waals surface area contributed by atoms with Crippen molar-refractivity contribution < 1.29 is 14.6 Å². The molecule has 0 aliphatic heterocycles. The number of aliphatic hydroxyl groups is 1. The molecular formula is C24H27NO3. The fraction of sp³-hybridized carbons (Fsp3) is 0.292. The number of hydrogen-bond acceptors (Lipinski definition) is 4. The summed E-state index contributed by atoms with van der Waals surface area (Å²) < 4.78 is 5.63. The lowest BCUT2D eigenvalue weighted by molar-refractivity contribution is 0.0986. The van der Waals surface area contributed by atoms with E-state index in [0.29, 0.717) is 24.3 Å². The molecule has 3 rings (SSSR count). The number of Topliss-reactive ketones (excluding diaryl/α,β-unsaturated/α-hetero) is 1. The molecule has 3 aromatic rings. The molecule has 0 radical (unpaired) electrons. The third-order valence-electron chi connectivity index (χ3n) is 4.87. The number of ketones is 1. The van der Waals surface area contributed by atoms with E-state index in [4.69, 9.17) is 4.74 Å². The van der Waals surface area contributed by atoms with Gasteiger partial charge in [0.1, 0.15) is 18.5 Å². The number of benzene rings is 3. The zero-order valence-electron chi connectivity index (χ0n) is 16.4. The second kappa shape index (κ2) is 9.49. The quantitative estimate of drug-likeness (QED) is 0.538. The molecule has 0 aliphatic rings. The van der Waals surface area contributed by atoms with Crippen molar-refractivity contribution in [2.24, 2.45) is 0 Å². The Kier molecular flexibility index (Phi) is 6.80. The summed E-state index contributed by atoms with van der Waals surface area (Å²) in [5, 5.41) is 16.0. The van der Waals surface area contributed by atoms with E-state index < -0.39 is 6.10 Å². The zero-order valence-corrected chi connectivity index (χ0v) is 16.4. The number of rotatable bonds is 9. The Balaban J connectivity index is 1.47. The minimum absolute atomic E-state index is 0.110. The monoisotopic (exact) mass is 377 g/mol. The van der Waals surface area contributed by atoms with Crippen molar-refractivity contribution >= 4 is 16.6 Å². The number of ether oxygens (including phenoxy) is 1. The Morgan fingerprint density at radius 3 is 2.46 bits per heavy atom. The van der Waals surface area contributed by atoms with Crippen LogP contribution in [0.5, 0.6) is 5.75 Å². The topological polar surface area (TPSA) is 58.6 Å². The summed E-state index contributed by atoms with van der Waals surface area (Å²) >= 11 is 0. The van der Waals surface area contributed by atoms with Gasteiger partial charge in [0.25, 0.3) is 0 Å². The van der Waals surface area contributed by atoms with Gasteiger partial charge in [0.15, 0.2) is 5.78 Å². The lowest BCUT2D eigenvalue weighted by atomic mass is 10.0. The van der Waals surface area contributed by atoms with E-state index in [9.17, 15) is 9.90 Å². The molecule has 0 saturated heterocycles. The summed E-state index contributed by atoms with van der Waals surface area (Å²) in [5.74, 6) is 0.757. The largest absolute Gasteiger partial charge is 0.491 e. The van der Waals surface area contributed by atoms with Crippen LogP contribution < -0.4 is 10.1 Å². The van der Waals surface area contributed by atoms with Gasteiger partial charge < -0.3 is 15.2 Å². The van der Waals surface area contributed by atoms with Crippen molar-refractivity contribution in [2.45, 2.75) is 32.4 Å². The molecule has 3 aromatic carbocycles. The van der Waals surface area contributed by atoms with Crippen molar-refractivity contribution in [2.75, 3.05) is 13.2 Å². The Hall–Kier alpha value is -2.69. The molecule has 4 heteroatoms. The van der Waals surface area contributed by atoms with Gasteiger partial charge >= 0.3 is 0 Å². The Bertz CT molecular complexity index is 921. The zero-order chi connectivity index (χ0) is 19.9. The van der Waals surface area contributed by atoms with E-state index in [2.05, 4.69) is 42.6 Å². The van der Waals surface area contributed by atoms with Crippen LogP contribution in [0.15, 0.2) is 66.7 Å². The van der Waals surface area contributed by atoms with Crippen molar-refractivity contribution in [1.82, 2.24) is 5.32 Å². The fourth-order valence-electron chi connectivity index (χ4n) is 3.10. The van der Waals surface area contributed by atoms with Crippen LogP contribution in [0.4, 0.5) is 0 Å². The van der Waals surface area contributed by atoms with Gasteiger partial charge in [-0.3, -0.25) is 4.79 Å². The molecule has 0 saturated carbocycles. The normalized spacial score (nSPS) is 13.2. The summed E-state index contributed by atoms with van der Waals surface area (Å²) in [6, 6.07) is 21.9. The summed E-state index contributed by atoms with van der Waals surface area (Å²) in [7, 11) is 0. The van der Waals surface area contributed by atoms with Gasteiger partial charge in [-0.15, -0.1) is 0 Å². The van der Waals surface area contributed by atoms with Crippen molar-refractivity contribution in [1.29, 1.82) is 0 Å². The minimum atomic E-state index is -0.625. The number of fused-ring (bicyclic) bond motifs is 1. The maximum atomic E-state index is 11.6. The second-order valence-corrected chi connectivity index (χ2v) is 7.00. The van der Waals surface area contributed by atoms with Crippen LogP contribution in [0.3, 0.4) is 0 Å². The highest BCUT2D eigenvalue weighted by atomic mass is 16.5. The fourth-order valence-corrected chi connectivity index (χ4v) is 3.10. The molecule has 28 heavy (non-hydrogen) atoms. The van der Waals surface area contributed by atoms with E-state index in [1.165, 1.54) is 16.3 Å². The van der Waals surface area contributed by atoms with Crippen LogP contribution in [0, 0.1) is 0 Å². The lowest BCUT2D eigenvalue weighted by Crippen LogP contribution is -2.33. The standard InChI is InChI=1S/C24H27NO3/c1-3-24(27)19-10-12-23(13-11-19)28-16-22(26)15-25-17(2)20-9-8-18-6-4-5-7-21(18)14-20/h4-14,17,22,25-26H,3,15-16H2,1-2H3/t17-,22+/m0/s1. The molecule has 0 unspecified atom stereocenters. The van der Waals surface area contributed by atoms with Gasteiger partial charge in [0.2, 0.25) is 0 Å². The van der Waals surface area contributed by atoms with Gasteiger partial charge in [-0.05, 0) is 53.6 Å². The average Bonchev–Trinajstić information content (AvgIpc) is 2.75. The first kappa shape index (κ1) is 20.1. The molecule has 0 fully saturated rings. The first-order valence-corrected chi connectivity index (χ1v) is 9.73. The molecule has 0 aromatic heterocycles. The van der Waals surface area contributed by atoms with Crippen molar-refractivity contribution in [3.05, 3.63) is 77.9 Å². The third-order valence-corrected chi connectivity index (χ3v) is 4.87. The van der Waals surface area contributed by atoms with E-state index >= 15 is 0 Å². The first-order valence-electron chi connectivity index (χ1n) is 9.73. The highest BCUT2D eigenvalue weighted by molar-refractivity contribution is 5.95. The minimum Gasteiger partial charge on any atom is -0.491 e. The summed E-state index contributed by atoms with van der Waals surface area (Å²) in [4.78, 5) is 11.6. The van der Waals surface area contributed by atoms with Crippen LogP contribution >= 0.6 is 0 Å². The number of hydrogen-bond donors (Lipinski definition) is 2. The molecule has 4 nitrogen and oxygen atoms in total. The second-order valence-electron chi connectivity index (χ2n) is 7.00. The molecule has 0 aliphatic carbocycles. The Morgan fingerprint density at radius 1 is 1.04 bits per heavy atom. The van der Waals surface area contributed by atoms with Crippen LogP contribution in [0.1, 0.15) is 42.2 Å². The molecule has 0 heterocycles. The Morgan fingerprint density at radius 2 is 1.75 bits per heavy atom. The molecule has 0 spiro atoms. The number of aliphatic hydroxyl groups excluding tert-OH is 1. The maximum Gasteiger partial charge on any atom is 0.162 e. The van der Waals surface area contributed by atoms with Crippen molar-refractivity contribution in [3.8, 4) is 5.75 Å². The summed E-state index contributed by atoms with van der Waals surface area (Å²) in [5.41, 5.74) is 1.87. The predicted octanol–water partition coefficient (Wildman–Crippen LogP) is 4.52. The molecule has 0 bridgehead atoms. The molecular weight excluding hydrogens is 350 g/mol. The maximum absolute atomic E-state index is 11.6. The molecule has 2 N–H and O–H groups in total. The Labute approximate surface area is 166 Å². The van der Waals surface area contributed by atoms with Crippen LogP contribution in [-0.2, 0) is 0 Å². The molecule has 0 amide bonds. The number of carbonyl (C=O) groups excluding carboxylic acids is 1. The van der Waals surface area contributed by atoms with E-state index in [0.717, 1.165) is 0 Å². The van der Waals surface area contributed by atoms with E-state index in [-0.39, 0.29) is 18.4 Å². The lowest BCUT2D eigenvalue weighted by Gasteiger charge is -2.18. The van der Waals surface area contributed by atoms with Gasteiger partial charge in [0.05, 0.1) is 0 Å². The van der Waals surface area contributed by atoms with E-state index in [1.54, 1.807) is 24.3 Å². The highest BCUT2D eigenvalue weighted by Gasteiger charge is 2.10. The van der Waals surface area contributed by atoms with Gasteiger partial charge in [-0.2, -0.15) is 0 Å². The van der Waals surface area contributed by atoms with Crippen LogP contribution in [0.2, 0.25) is 0 Å². The van der Waals surface area contributed by atoms with Gasteiger partial charge in [-0.1, -0.05) is 43.3 Å². The average molecular weight is 377 g/mol. The summed E-state index contributed by atoms with van der Waals surface area (Å²) in [6.07, 6.45) is -0.139. The van der Waals surface area contributed by atoms with Crippen LogP contribution in [-0.4, -0.2) is 30.1 Å². The van der Waals surface area contributed by atoms with Crippen LogP contribution in [0.25, 0.3) is 10.8 Å². The highest BCUT2D eigenvalue weighted by Crippen LogP contribution is 2.20. The summed E-state index contributed by atoms with van der Waals surface area (Å²) in [6.45, 7) is 4.55. The third kappa shape index (κ3) is 5.18. The first-order chi connectivity index (χ1) is 13.6. The SMILES string of the molecule is CCC(=O)c1ccc(OC[C@H](O)CN[C@@H](C)c2ccc3ccccc3c2)cc1. The molecule has 146 valence electrons. The van der Waals surface area contributed by atoms with E-state index in [1.807, 2.05) is 19.1 Å². The number of nitrogens with one attached hydrogen (secondary N) is 1. The van der Waals surface area contributed by atoms with Gasteiger partial charge in [0, 0.05) is 24.6 Å². The van der Waals surface area contributed by atoms with Crippen molar-refractivity contribution in [3.63, 3.8) is 0 Å². The smallest absolute Gasteiger partial charge is 0.162 e. The molecule has 2 atom stereocenters. The van der Waals surface area contributed by atoms with Gasteiger partial charge in [-0.25, -0.2) is 0 Å².